The first-order valence-electron chi connectivity index (χ1n) is 7.80. The number of phenolic OH excluding ortho intramolecular Hbond substituents is 1. The molecule has 0 atom stereocenters. The molecular formula is C20H19N3O. The molecule has 0 fully saturated rings. The number of phenols is 1. The largest absolute Gasteiger partial charge is 0.506 e. The molecule has 0 aliphatic rings. The highest BCUT2D eigenvalue weighted by molar-refractivity contribution is 5.99. The van der Waals surface area contributed by atoms with E-state index >= 15 is 0 Å². The molecule has 2 aromatic carbocycles. The zero-order chi connectivity index (χ0) is 17.3. The van der Waals surface area contributed by atoms with Crippen LogP contribution in [-0.4, -0.2) is 17.1 Å². The summed E-state index contributed by atoms with van der Waals surface area (Å²) in [6, 6.07) is 16.0. The molecule has 0 saturated carbocycles. The van der Waals surface area contributed by atoms with E-state index in [1.807, 2.05) is 56.1 Å². The fraction of sp³-hybridized carbons (Fsp3) is 0.200. The number of aryl methyl sites for hydroxylation is 2. The van der Waals surface area contributed by atoms with Crippen molar-refractivity contribution in [3.8, 4) is 11.8 Å². The predicted molar refractivity (Wildman–Crippen MR) is 96.1 cm³/mol. The van der Waals surface area contributed by atoms with Crippen molar-refractivity contribution in [2.45, 2.75) is 20.4 Å². The topological polar surface area (TPSA) is 60.1 Å². The van der Waals surface area contributed by atoms with Gasteiger partial charge in [-0.2, -0.15) is 5.26 Å². The predicted octanol–water partition coefficient (Wildman–Crippen LogP) is 4.07. The lowest BCUT2D eigenvalue weighted by atomic mass is 10.0. The SMILES string of the molecule is Cc1cc2cc(C)c(C#N)c(O)c2c(N(C)Cc2ccccc2)n1. The van der Waals surface area contributed by atoms with Crippen molar-refractivity contribution >= 4 is 16.6 Å². The van der Waals surface area contributed by atoms with E-state index in [9.17, 15) is 10.4 Å². The Hall–Kier alpha value is -3.06. The van der Waals surface area contributed by atoms with Gasteiger partial charge >= 0.3 is 0 Å². The van der Waals surface area contributed by atoms with E-state index in [1.165, 1.54) is 0 Å². The number of anilines is 1. The van der Waals surface area contributed by atoms with Crippen molar-refractivity contribution in [1.29, 1.82) is 5.26 Å². The summed E-state index contributed by atoms with van der Waals surface area (Å²) in [7, 11) is 1.94. The van der Waals surface area contributed by atoms with Gasteiger partial charge in [0.05, 0.1) is 10.9 Å². The lowest BCUT2D eigenvalue weighted by molar-refractivity contribution is 0.479. The Morgan fingerprint density at radius 3 is 2.54 bits per heavy atom. The van der Waals surface area contributed by atoms with Gasteiger partial charge in [0.1, 0.15) is 17.6 Å². The smallest absolute Gasteiger partial charge is 0.145 e. The Kier molecular flexibility index (Phi) is 4.09. The molecule has 0 aliphatic carbocycles. The number of nitriles is 1. The summed E-state index contributed by atoms with van der Waals surface area (Å²) in [6.45, 7) is 4.44. The Morgan fingerprint density at radius 2 is 1.88 bits per heavy atom. The molecule has 0 bridgehead atoms. The number of nitrogens with zero attached hydrogens (tertiary/aromatic N) is 3. The van der Waals surface area contributed by atoms with Gasteiger partial charge in [0, 0.05) is 19.3 Å². The van der Waals surface area contributed by atoms with E-state index in [1.54, 1.807) is 0 Å². The fourth-order valence-electron chi connectivity index (χ4n) is 3.00. The second kappa shape index (κ2) is 6.21. The minimum Gasteiger partial charge on any atom is -0.506 e. The molecule has 4 nitrogen and oxygen atoms in total. The van der Waals surface area contributed by atoms with Crippen LogP contribution in [-0.2, 0) is 6.54 Å². The molecule has 1 aromatic heterocycles. The molecule has 0 radical (unpaired) electrons. The van der Waals surface area contributed by atoms with Crippen LogP contribution in [0.4, 0.5) is 5.82 Å². The fourth-order valence-corrected chi connectivity index (χ4v) is 3.00. The average molecular weight is 317 g/mol. The van der Waals surface area contributed by atoms with Crippen molar-refractivity contribution in [3.63, 3.8) is 0 Å². The molecule has 3 aromatic rings. The van der Waals surface area contributed by atoms with Crippen LogP contribution < -0.4 is 4.90 Å². The molecule has 1 N–H and O–H groups in total. The molecule has 0 saturated heterocycles. The zero-order valence-corrected chi connectivity index (χ0v) is 14.0. The minimum atomic E-state index is 0.00918. The van der Waals surface area contributed by atoms with Crippen molar-refractivity contribution in [3.05, 3.63) is 64.8 Å². The Balaban J connectivity index is 2.18. The van der Waals surface area contributed by atoms with Crippen LogP contribution in [0.25, 0.3) is 10.8 Å². The normalized spacial score (nSPS) is 10.6. The van der Waals surface area contributed by atoms with Gasteiger partial charge in [-0.15, -0.1) is 0 Å². The second-order valence-electron chi connectivity index (χ2n) is 6.06. The molecule has 4 heteroatoms. The molecule has 0 unspecified atom stereocenters. The zero-order valence-electron chi connectivity index (χ0n) is 14.0. The van der Waals surface area contributed by atoms with Gasteiger partial charge < -0.3 is 10.0 Å². The van der Waals surface area contributed by atoms with Crippen LogP contribution in [0.5, 0.6) is 5.75 Å². The summed E-state index contributed by atoms with van der Waals surface area (Å²) < 4.78 is 0. The Labute approximate surface area is 141 Å². The van der Waals surface area contributed by atoms with Gasteiger partial charge in [-0.25, -0.2) is 4.98 Å². The number of hydrogen-bond donors (Lipinski definition) is 1. The Morgan fingerprint density at radius 1 is 1.17 bits per heavy atom. The summed E-state index contributed by atoms with van der Waals surface area (Å²) in [5.41, 5.74) is 3.11. The summed E-state index contributed by atoms with van der Waals surface area (Å²) in [6.07, 6.45) is 0. The first kappa shape index (κ1) is 15.8. The van der Waals surface area contributed by atoms with Crippen molar-refractivity contribution in [2.24, 2.45) is 0 Å². The monoisotopic (exact) mass is 317 g/mol. The maximum Gasteiger partial charge on any atom is 0.145 e. The average Bonchev–Trinajstić information content (AvgIpc) is 2.55. The minimum absolute atomic E-state index is 0.00918. The molecule has 120 valence electrons. The maximum absolute atomic E-state index is 10.6. The number of rotatable bonds is 3. The van der Waals surface area contributed by atoms with Crippen LogP contribution in [0.3, 0.4) is 0 Å². The lowest BCUT2D eigenvalue weighted by Crippen LogP contribution is -2.18. The van der Waals surface area contributed by atoms with Crippen LogP contribution in [0.15, 0.2) is 42.5 Å². The molecule has 24 heavy (non-hydrogen) atoms. The number of fused-ring (bicyclic) bond motifs is 1. The van der Waals surface area contributed by atoms with Crippen molar-refractivity contribution in [1.82, 2.24) is 4.98 Å². The molecule has 1 heterocycles. The summed E-state index contributed by atoms with van der Waals surface area (Å²) in [5, 5.41) is 21.5. The highest BCUT2D eigenvalue weighted by Crippen LogP contribution is 2.37. The van der Waals surface area contributed by atoms with Crippen LogP contribution in [0, 0.1) is 25.2 Å². The molecule has 3 rings (SSSR count). The summed E-state index contributed by atoms with van der Waals surface area (Å²) in [5.74, 6) is 0.692. The van der Waals surface area contributed by atoms with Crippen molar-refractivity contribution < 1.29 is 5.11 Å². The molecular weight excluding hydrogens is 298 g/mol. The third kappa shape index (κ3) is 2.77. The number of aromatic nitrogens is 1. The van der Waals surface area contributed by atoms with E-state index in [0.29, 0.717) is 23.3 Å². The molecule has 0 amide bonds. The van der Waals surface area contributed by atoms with Crippen molar-refractivity contribution in [2.75, 3.05) is 11.9 Å². The van der Waals surface area contributed by atoms with Gasteiger partial charge in [-0.05, 0) is 42.5 Å². The van der Waals surface area contributed by atoms with Crippen LogP contribution in [0.1, 0.15) is 22.4 Å². The lowest BCUT2D eigenvalue weighted by Gasteiger charge is -2.22. The standard InChI is InChI=1S/C20H19N3O/c1-13-9-16-10-14(2)22-20(18(16)19(24)17(13)11-21)23(3)12-15-7-5-4-6-8-15/h4-10,24H,12H2,1-3H3. The number of aromatic hydroxyl groups is 1. The van der Waals surface area contributed by atoms with E-state index in [4.69, 9.17) is 0 Å². The number of hydrogen-bond acceptors (Lipinski definition) is 4. The quantitative estimate of drug-likeness (QED) is 0.791. The van der Waals surface area contributed by atoms with E-state index in [2.05, 4.69) is 23.2 Å². The molecule has 0 spiro atoms. The number of pyridine rings is 1. The van der Waals surface area contributed by atoms with Crippen LogP contribution >= 0.6 is 0 Å². The highest BCUT2D eigenvalue weighted by Gasteiger charge is 2.17. The van der Waals surface area contributed by atoms with E-state index in [0.717, 1.165) is 22.2 Å². The van der Waals surface area contributed by atoms with E-state index in [-0.39, 0.29) is 5.75 Å². The van der Waals surface area contributed by atoms with Gasteiger partial charge in [0.15, 0.2) is 0 Å². The first-order valence-corrected chi connectivity index (χ1v) is 7.80. The highest BCUT2D eigenvalue weighted by atomic mass is 16.3. The maximum atomic E-state index is 10.6. The van der Waals surface area contributed by atoms with Gasteiger partial charge in [-0.1, -0.05) is 30.3 Å². The van der Waals surface area contributed by atoms with Crippen LogP contribution in [0.2, 0.25) is 0 Å². The summed E-state index contributed by atoms with van der Waals surface area (Å²) in [4.78, 5) is 6.62. The summed E-state index contributed by atoms with van der Waals surface area (Å²) >= 11 is 0. The van der Waals surface area contributed by atoms with Gasteiger partial charge in [-0.3, -0.25) is 0 Å². The number of benzene rings is 2. The van der Waals surface area contributed by atoms with Gasteiger partial charge in [0.25, 0.3) is 0 Å². The first-order chi connectivity index (χ1) is 11.5. The Bertz CT molecular complexity index is 943. The van der Waals surface area contributed by atoms with Gasteiger partial charge in [0.2, 0.25) is 0 Å². The second-order valence-corrected chi connectivity index (χ2v) is 6.06. The molecule has 0 aliphatic heterocycles. The van der Waals surface area contributed by atoms with E-state index < -0.39 is 0 Å². The third-order valence-electron chi connectivity index (χ3n) is 4.13. The third-order valence-corrected chi connectivity index (χ3v) is 4.13.